The van der Waals surface area contributed by atoms with Crippen LogP contribution >= 0.6 is 0 Å². The molecule has 21 heavy (non-hydrogen) atoms. The van der Waals surface area contributed by atoms with Gasteiger partial charge in [0.2, 0.25) is 10.0 Å². The molecule has 6 nitrogen and oxygen atoms in total. The van der Waals surface area contributed by atoms with E-state index in [9.17, 15) is 8.42 Å². The van der Waals surface area contributed by atoms with Crippen molar-refractivity contribution in [2.24, 2.45) is 12.8 Å². The summed E-state index contributed by atoms with van der Waals surface area (Å²) >= 11 is 0. The molecule has 0 spiro atoms. The van der Waals surface area contributed by atoms with E-state index in [-0.39, 0.29) is 10.9 Å². The third-order valence-electron chi connectivity index (χ3n) is 4.10. The molecule has 7 heteroatoms. The van der Waals surface area contributed by atoms with Crippen molar-refractivity contribution in [2.45, 2.75) is 55.9 Å². The molecule has 1 aromatic rings. The Morgan fingerprint density at radius 2 is 2.00 bits per heavy atom. The van der Waals surface area contributed by atoms with Gasteiger partial charge in [0.15, 0.2) is 0 Å². The third-order valence-corrected chi connectivity index (χ3v) is 6.01. The summed E-state index contributed by atoms with van der Waals surface area (Å²) < 4.78 is 29.0. The highest BCUT2D eigenvalue weighted by Crippen LogP contribution is 2.27. The number of sulfonamides is 1. The minimum atomic E-state index is -3.47. The van der Waals surface area contributed by atoms with Gasteiger partial charge < -0.3 is 5.73 Å². The second kappa shape index (κ2) is 7.38. The van der Waals surface area contributed by atoms with Crippen LogP contribution < -0.4 is 5.73 Å². The van der Waals surface area contributed by atoms with Gasteiger partial charge in [0, 0.05) is 25.8 Å². The van der Waals surface area contributed by atoms with Gasteiger partial charge in [0.25, 0.3) is 0 Å². The Morgan fingerprint density at radius 1 is 1.33 bits per heavy atom. The molecular weight excluding hydrogens is 288 g/mol. The maximum Gasteiger partial charge on any atom is 0.246 e. The molecule has 0 atom stereocenters. The van der Waals surface area contributed by atoms with Gasteiger partial charge in [-0.1, -0.05) is 25.7 Å². The van der Waals surface area contributed by atoms with Crippen LogP contribution in [0.3, 0.4) is 0 Å². The summed E-state index contributed by atoms with van der Waals surface area (Å²) in [5.41, 5.74) is 5.59. The standard InChI is InChI=1S/C14H26N4O2S/c1-17-12-14(11-16-17)21(19,20)18(10-6-9-15)13-7-4-2-3-5-8-13/h11-13H,2-10,15H2,1H3. The Labute approximate surface area is 127 Å². The molecule has 1 aliphatic rings. The Balaban J connectivity index is 2.25. The van der Waals surface area contributed by atoms with Crippen LogP contribution in [0.15, 0.2) is 17.3 Å². The average Bonchev–Trinajstić information content (AvgIpc) is 2.73. The number of hydrogen-bond acceptors (Lipinski definition) is 4. The molecule has 0 saturated heterocycles. The van der Waals surface area contributed by atoms with Gasteiger partial charge in [-0.15, -0.1) is 0 Å². The summed E-state index contributed by atoms with van der Waals surface area (Å²) in [7, 11) is -1.74. The molecule has 2 rings (SSSR count). The molecule has 0 amide bonds. The number of aryl methyl sites for hydroxylation is 1. The number of nitrogens with two attached hydrogens (primary N) is 1. The second-order valence-electron chi connectivity index (χ2n) is 5.75. The van der Waals surface area contributed by atoms with Gasteiger partial charge in [0.05, 0.1) is 6.20 Å². The van der Waals surface area contributed by atoms with Crippen LogP contribution in [0.25, 0.3) is 0 Å². The first-order valence-electron chi connectivity index (χ1n) is 7.76. The van der Waals surface area contributed by atoms with E-state index in [2.05, 4.69) is 5.10 Å². The van der Waals surface area contributed by atoms with E-state index in [4.69, 9.17) is 5.73 Å². The molecule has 120 valence electrons. The first-order chi connectivity index (χ1) is 10.1. The zero-order valence-electron chi connectivity index (χ0n) is 12.7. The van der Waals surface area contributed by atoms with Gasteiger partial charge in [-0.05, 0) is 25.8 Å². The molecule has 1 heterocycles. The largest absolute Gasteiger partial charge is 0.330 e. The van der Waals surface area contributed by atoms with E-state index in [0.717, 1.165) is 25.7 Å². The molecule has 0 bridgehead atoms. The van der Waals surface area contributed by atoms with Crippen molar-refractivity contribution in [3.8, 4) is 0 Å². The molecule has 1 aromatic heterocycles. The highest BCUT2D eigenvalue weighted by molar-refractivity contribution is 7.89. The van der Waals surface area contributed by atoms with Gasteiger partial charge in [-0.3, -0.25) is 4.68 Å². The summed E-state index contributed by atoms with van der Waals surface area (Å²) in [5, 5.41) is 4.00. The summed E-state index contributed by atoms with van der Waals surface area (Å²) in [5.74, 6) is 0. The molecule has 1 saturated carbocycles. The molecule has 0 aromatic carbocycles. The van der Waals surface area contributed by atoms with Gasteiger partial charge in [-0.25, -0.2) is 8.42 Å². The van der Waals surface area contributed by atoms with E-state index in [1.54, 1.807) is 17.5 Å². The van der Waals surface area contributed by atoms with E-state index in [1.807, 2.05) is 0 Å². The number of rotatable bonds is 6. The lowest BCUT2D eigenvalue weighted by Crippen LogP contribution is -2.41. The minimum Gasteiger partial charge on any atom is -0.330 e. The van der Waals surface area contributed by atoms with Crippen molar-refractivity contribution in [1.82, 2.24) is 14.1 Å². The Morgan fingerprint density at radius 3 is 2.52 bits per heavy atom. The van der Waals surface area contributed by atoms with Crippen molar-refractivity contribution >= 4 is 10.0 Å². The highest BCUT2D eigenvalue weighted by Gasteiger charge is 2.32. The predicted molar refractivity (Wildman–Crippen MR) is 82.3 cm³/mol. The average molecular weight is 314 g/mol. The maximum absolute atomic E-state index is 12.9. The zero-order valence-corrected chi connectivity index (χ0v) is 13.6. The third kappa shape index (κ3) is 4.05. The summed E-state index contributed by atoms with van der Waals surface area (Å²) in [6.45, 7) is 1.00. The summed E-state index contributed by atoms with van der Waals surface area (Å²) in [4.78, 5) is 0.284. The second-order valence-corrected chi connectivity index (χ2v) is 7.64. The maximum atomic E-state index is 12.9. The van der Waals surface area contributed by atoms with E-state index in [0.29, 0.717) is 19.5 Å². The van der Waals surface area contributed by atoms with Crippen LogP contribution in [0.2, 0.25) is 0 Å². The zero-order chi connectivity index (χ0) is 15.3. The monoisotopic (exact) mass is 314 g/mol. The first kappa shape index (κ1) is 16.5. The van der Waals surface area contributed by atoms with Gasteiger partial charge in [0.1, 0.15) is 4.90 Å². The molecule has 0 unspecified atom stereocenters. The van der Waals surface area contributed by atoms with Crippen LogP contribution in [0.5, 0.6) is 0 Å². The molecule has 0 radical (unpaired) electrons. The van der Waals surface area contributed by atoms with Crippen LogP contribution in [0.4, 0.5) is 0 Å². The first-order valence-corrected chi connectivity index (χ1v) is 9.20. The van der Waals surface area contributed by atoms with Gasteiger partial charge >= 0.3 is 0 Å². The van der Waals surface area contributed by atoms with E-state index < -0.39 is 10.0 Å². The summed E-state index contributed by atoms with van der Waals surface area (Å²) in [6.07, 6.45) is 10.2. The van der Waals surface area contributed by atoms with Crippen molar-refractivity contribution in [3.63, 3.8) is 0 Å². The lowest BCUT2D eigenvalue weighted by atomic mass is 10.1. The highest BCUT2D eigenvalue weighted by atomic mass is 32.2. The van der Waals surface area contributed by atoms with Crippen LogP contribution in [0, 0.1) is 0 Å². The number of aromatic nitrogens is 2. The Kier molecular flexibility index (Phi) is 5.78. The fraction of sp³-hybridized carbons (Fsp3) is 0.786. The molecule has 1 fully saturated rings. The van der Waals surface area contributed by atoms with Crippen LogP contribution in [-0.2, 0) is 17.1 Å². The molecular formula is C14H26N4O2S. The lowest BCUT2D eigenvalue weighted by molar-refractivity contribution is 0.290. The fourth-order valence-corrected chi connectivity index (χ4v) is 4.67. The molecule has 0 aliphatic heterocycles. The van der Waals surface area contributed by atoms with Gasteiger partial charge in [-0.2, -0.15) is 9.40 Å². The number of nitrogens with zero attached hydrogens (tertiary/aromatic N) is 3. The predicted octanol–water partition coefficient (Wildman–Crippen LogP) is 1.48. The van der Waals surface area contributed by atoms with Crippen LogP contribution in [0.1, 0.15) is 44.9 Å². The Bertz CT molecular complexity index is 533. The summed E-state index contributed by atoms with van der Waals surface area (Å²) in [6, 6.07) is 0.101. The Hall–Kier alpha value is -0.920. The SMILES string of the molecule is Cn1cc(S(=O)(=O)N(CCCN)C2CCCCCC2)cn1. The van der Waals surface area contributed by atoms with Crippen molar-refractivity contribution in [2.75, 3.05) is 13.1 Å². The lowest BCUT2D eigenvalue weighted by Gasteiger charge is -2.29. The fourth-order valence-electron chi connectivity index (χ4n) is 2.96. The molecule has 2 N–H and O–H groups in total. The normalized spacial score (nSPS) is 18.0. The van der Waals surface area contributed by atoms with Crippen LogP contribution in [-0.4, -0.2) is 41.6 Å². The topological polar surface area (TPSA) is 81.2 Å². The van der Waals surface area contributed by atoms with E-state index >= 15 is 0 Å². The van der Waals surface area contributed by atoms with Crippen molar-refractivity contribution < 1.29 is 8.42 Å². The quantitative estimate of drug-likeness (QED) is 0.807. The minimum absolute atomic E-state index is 0.101. The number of hydrogen-bond donors (Lipinski definition) is 1. The van der Waals surface area contributed by atoms with Crippen molar-refractivity contribution in [1.29, 1.82) is 0 Å². The van der Waals surface area contributed by atoms with Crippen molar-refractivity contribution in [3.05, 3.63) is 12.4 Å². The van der Waals surface area contributed by atoms with E-state index in [1.165, 1.54) is 23.7 Å². The smallest absolute Gasteiger partial charge is 0.246 e. The molecule has 1 aliphatic carbocycles.